The third kappa shape index (κ3) is 12.7. The highest BCUT2D eigenvalue weighted by Gasteiger charge is 2.08. The second-order valence-electron chi connectivity index (χ2n) is 7.47. The number of carbonyl (C=O) groups is 1. The Morgan fingerprint density at radius 2 is 1.39 bits per heavy atom. The van der Waals surface area contributed by atoms with Gasteiger partial charge in [0, 0.05) is 6.42 Å². The molecule has 1 rings (SSSR count). The predicted octanol–water partition coefficient (Wildman–Crippen LogP) is 6.53. The van der Waals surface area contributed by atoms with Crippen LogP contribution in [0.3, 0.4) is 0 Å². The molecule has 5 heteroatoms. The summed E-state index contributed by atoms with van der Waals surface area (Å²) in [4.78, 5) is 11.9. The van der Waals surface area contributed by atoms with Crippen molar-refractivity contribution in [1.82, 2.24) is 5.32 Å². The van der Waals surface area contributed by atoms with Crippen LogP contribution in [0.25, 0.3) is 0 Å². The van der Waals surface area contributed by atoms with E-state index in [1.54, 1.807) is 12.1 Å². The van der Waals surface area contributed by atoms with Gasteiger partial charge >= 0.3 is 0 Å². The van der Waals surface area contributed by atoms with Gasteiger partial charge in [-0.15, -0.1) is 0 Å². The normalized spacial score (nSPS) is 10.6. The van der Waals surface area contributed by atoms with E-state index >= 15 is 0 Å². The van der Waals surface area contributed by atoms with Gasteiger partial charge in [-0.05, 0) is 30.8 Å². The van der Waals surface area contributed by atoms with Crippen LogP contribution in [-0.4, -0.2) is 11.1 Å². The topological polar surface area (TPSA) is 64.3 Å². The lowest BCUT2D eigenvalue weighted by Crippen LogP contribution is -2.32. The van der Waals surface area contributed by atoms with Crippen molar-refractivity contribution in [3.63, 3.8) is 0 Å². The fraction of sp³-hybridized carbons (Fsp3) is 0.652. The van der Waals surface area contributed by atoms with Crippen molar-refractivity contribution in [2.24, 2.45) is 0 Å². The molecule has 4 nitrogen and oxygen atoms in total. The monoisotopic (exact) mass is 406 g/mol. The molecule has 1 aromatic carbocycles. The Kier molecular flexibility index (Phi) is 14.3. The molecule has 0 aromatic heterocycles. The van der Waals surface area contributed by atoms with E-state index in [0.717, 1.165) is 12.8 Å². The fourth-order valence-electron chi connectivity index (χ4n) is 3.18. The minimum absolute atomic E-state index is 0.0533. The number of nitrogen functional groups attached to an aromatic ring is 1. The van der Waals surface area contributed by atoms with E-state index in [9.17, 15) is 4.79 Å². The van der Waals surface area contributed by atoms with Gasteiger partial charge < -0.3 is 10.5 Å². The number of anilines is 1. The molecule has 0 saturated carbocycles. The molecule has 0 aliphatic heterocycles. The van der Waals surface area contributed by atoms with Crippen LogP contribution in [0.15, 0.2) is 24.3 Å². The second-order valence-corrected chi connectivity index (χ2v) is 7.84. The number of thiocarbonyl (C=S) groups is 1. The van der Waals surface area contributed by atoms with Gasteiger partial charge in [-0.25, -0.2) is 0 Å². The first-order valence-electron chi connectivity index (χ1n) is 11.0. The average Bonchev–Trinajstić information content (AvgIpc) is 2.67. The Morgan fingerprint density at radius 3 is 1.93 bits per heavy atom. The minimum Gasteiger partial charge on any atom is -0.429 e. The van der Waals surface area contributed by atoms with Crippen LogP contribution in [-0.2, 0) is 4.79 Å². The number of benzene rings is 1. The first-order valence-corrected chi connectivity index (χ1v) is 11.4. The molecule has 3 N–H and O–H groups in total. The zero-order valence-corrected chi connectivity index (χ0v) is 18.3. The van der Waals surface area contributed by atoms with Crippen LogP contribution >= 0.6 is 12.2 Å². The molecule has 1 amide bonds. The van der Waals surface area contributed by atoms with E-state index in [1.807, 2.05) is 12.1 Å². The van der Waals surface area contributed by atoms with Gasteiger partial charge in [-0.3, -0.25) is 10.1 Å². The number of nitrogens with one attached hydrogen (secondary N) is 1. The Balaban J connectivity index is 1.92. The number of amides is 1. The highest BCUT2D eigenvalue weighted by atomic mass is 32.1. The van der Waals surface area contributed by atoms with Crippen LogP contribution in [0.2, 0.25) is 0 Å². The third-order valence-electron chi connectivity index (χ3n) is 4.87. The lowest BCUT2D eigenvalue weighted by molar-refractivity contribution is -0.119. The van der Waals surface area contributed by atoms with Crippen molar-refractivity contribution in [3.05, 3.63) is 24.3 Å². The van der Waals surface area contributed by atoms with Gasteiger partial charge in [-0.2, -0.15) is 0 Å². The van der Waals surface area contributed by atoms with Gasteiger partial charge in [0.1, 0.15) is 0 Å². The molecule has 0 atom stereocenters. The quantitative estimate of drug-likeness (QED) is 0.197. The molecular weight excluding hydrogens is 368 g/mol. The molecule has 0 unspecified atom stereocenters. The molecule has 158 valence electrons. The first-order chi connectivity index (χ1) is 13.6. The largest absolute Gasteiger partial charge is 0.429 e. The summed E-state index contributed by atoms with van der Waals surface area (Å²) < 4.78 is 5.41. The van der Waals surface area contributed by atoms with Gasteiger partial charge in [0.2, 0.25) is 5.91 Å². The van der Waals surface area contributed by atoms with E-state index in [1.165, 1.54) is 70.6 Å². The maximum atomic E-state index is 11.9. The average molecular weight is 407 g/mol. The van der Waals surface area contributed by atoms with E-state index in [-0.39, 0.29) is 11.1 Å². The molecular formula is C23H38N2O2S. The summed E-state index contributed by atoms with van der Waals surface area (Å²) in [6.45, 7) is 2.26. The maximum absolute atomic E-state index is 11.9. The van der Waals surface area contributed by atoms with Gasteiger partial charge in [0.05, 0.1) is 5.69 Å². The van der Waals surface area contributed by atoms with Crippen molar-refractivity contribution in [3.8, 4) is 5.75 Å². The molecule has 0 aliphatic carbocycles. The second kappa shape index (κ2) is 16.3. The molecule has 0 radical (unpaired) electrons. The van der Waals surface area contributed by atoms with E-state index < -0.39 is 0 Å². The van der Waals surface area contributed by atoms with Gasteiger partial charge in [-0.1, -0.05) is 96.1 Å². The summed E-state index contributed by atoms with van der Waals surface area (Å²) >= 11 is 5.06. The van der Waals surface area contributed by atoms with Crippen molar-refractivity contribution in [2.75, 3.05) is 5.73 Å². The summed E-state index contributed by atoms with van der Waals surface area (Å²) in [5.74, 6) is 0.372. The minimum atomic E-state index is -0.0948. The van der Waals surface area contributed by atoms with Crippen LogP contribution in [0.4, 0.5) is 5.69 Å². The van der Waals surface area contributed by atoms with Crippen molar-refractivity contribution in [1.29, 1.82) is 0 Å². The number of hydrogen-bond acceptors (Lipinski definition) is 4. The SMILES string of the molecule is CCCCCCCCCCCCCCCC(=O)NC(=S)Oc1ccccc1N. The summed E-state index contributed by atoms with van der Waals surface area (Å²) in [6, 6.07) is 7.08. The van der Waals surface area contributed by atoms with Crippen molar-refractivity contribution in [2.45, 2.75) is 96.8 Å². The maximum Gasteiger partial charge on any atom is 0.269 e. The molecule has 0 heterocycles. The van der Waals surface area contributed by atoms with E-state index in [4.69, 9.17) is 22.7 Å². The highest BCUT2D eigenvalue weighted by Crippen LogP contribution is 2.19. The molecule has 0 spiro atoms. The molecule has 1 aromatic rings. The predicted molar refractivity (Wildman–Crippen MR) is 123 cm³/mol. The number of ether oxygens (including phenoxy) is 1. The summed E-state index contributed by atoms with van der Waals surface area (Å²) in [6.07, 6.45) is 17.3. The fourth-order valence-corrected chi connectivity index (χ4v) is 3.38. The smallest absolute Gasteiger partial charge is 0.269 e. The number of unbranched alkanes of at least 4 members (excludes halogenated alkanes) is 12. The van der Waals surface area contributed by atoms with Crippen LogP contribution in [0.1, 0.15) is 96.8 Å². The lowest BCUT2D eigenvalue weighted by atomic mass is 10.0. The van der Waals surface area contributed by atoms with E-state index in [2.05, 4.69) is 12.2 Å². The number of hydrogen-bond donors (Lipinski definition) is 2. The summed E-state index contributed by atoms with van der Waals surface area (Å²) in [7, 11) is 0. The standard InChI is InChI=1S/C23H38N2O2S/c1-2-3-4-5-6-7-8-9-10-11-12-13-14-19-22(26)25-23(28)27-21-18-16-15-17-20(21)24/h15-18H,2-14,19,24H2,1H3,(H,25,26,28). The zero-order valence-electron chi connectivity index (χ0n) is 17.5. The van der Waals surface area contributed by atoms with E-state index in [0.29, 0.717) is 17.9 Å². The molecule has 28 heavy (non-hydrogen) atoms. The zero-order chi connectivity index (χ0) is 20.5. The third-order valence-corrected chi connectivity index (χ3v) is 5.06. The van der Waals surface area contributed by atoms with Gasteiger partial charge in [0.15, 0.2) is 5.75 Å². The van der Waals surface area contributed by atoms with Gasteiger partial charge in [0.25, 0.3) is 5.17 Å². The Hall–Kier alpha value is -1.62. The number of para-hydroxylation sites is 2. The number of rotatable bonds is 15. The highest BCUT2D eigenvalue weighted by molar-refractivity contribution is 7.80. The Labute approximate surface area is 176 Å². The van der Waals surface area contributed by atoms with Crippen LogP contribution < -0.4 is 15.8 Å². The molecule has 0 bridgehead atoms. The number of carbonyl (C=O) groups excluding carboxylic acids is 1. The van der Waals surface area contributed by atoms with Crippen LogP contribution in [0.5, 0.6) is 5.75 Å². The summed E-state index contributed by atoms with van der Waals surface area (Å²) in [5, 5.41) is 2.67. The molecule has 0 aliphatic rings. The Morgan fingerprint density at radius 1 is 0.893 bits per heavy atom. The van der Waals surface area contributed by atoms with Crippen molar-refractivity contribution < 1.29 is 9.53 Å². The number of nitrogens with two attached hydrogens (primary N) is 1. The van der Waals surface area contributed by atoms with Crippen molar-refractivity contribution >= 4 is 29.0 Å². The Bertz CT molecular complexity index is 563. The lowest BCUT2D eigenvalue weighted by Gasteiger charge is -2.10. The molecule has 0 saturated heterocycles. The molecule has 0 fully saturated rings. The first kappa shape index (κ1) is 24.4. The van der Waals surface area contributed by atoms with Crippen LogP contribution in [0, 0.1) is 0 Å². The summed E-state index contributed by atoms with van der Waals surface area (Å²) in [5.41, 5.74) is 6.29.